The van der Waals surface area contributed by atoms with Crippen molar-refractivity contribution in [3.63, 3.8) is 0 Å². The Morgan fingerprint density at radius 1 is 1.32 bits per heavy atom. The van der Waals surface area contributed by atoms with Gasteiger partial charge in [0.25, 0.3) is 0 Å². The average Bonchev–Trinajstić information content (AvgIpc) is 2.83. The molecule has 0 aliphatic heterocycles. The van der Waals surface area contributed by atoms with Crippen molar-refractivity contribution in [2.24, 2.45) is 5.73 Å². The SMILES string of the molecule is CN(Cc1ccc(Br)s1)C(=O)C(N)c1ccccc1. The van der Waals surface area contributed by atoms with E-state index in [4.69, 9.17) is 5.73 Å². The molecule has 0 radical (unpaired) electrons. The van der Waals surface area contributed by atoms with Gasteiger partial charge in [0.1, 0.15) is 6.04 Å². The third-order valence-corrected chi connectivity index (χ3v) is 4.43. The van der Waals surface area contributed by atoms with E-state index in [-0.39, 0.29) is 5.91 Å². The summed E-state index contributed by atoms with van der Waals surface area (Å²) in [5.41, 5.74) is 6.84. The van der Waals surface area contributed by atoms with E-state index in [1.54, 1.807) is 23.3 Å². The normalized spacial score (nSPS) is 12.2. The molecule has 2 N–H and O–H groups in total. The molecule has 1 heterocycles. The lowest BCUT2D eigenvalue weighted by atomic mass is 10.1. The van der Waals surface area contributed by atoms with Gasteiger partial charge in [0, 0.05) is 11.9 Å². The first-order valence-corrected chi connectivity index (χ1v) is 7.48. The quantitative estimate of drug-likeness (QED) is 0.930. The Hall–Kier alpha value is -1.17. The van der Waals surface area contributed by atoms with Crippen LogP contribution < -0.4 is 5.73 Å². The molecule has 2 rings (SSSR count). The van der Waals surface area contributed by atoms with Crippen LogP contribution in [0.2, 0.25) is 0 Å². The molecule has 1 aromatic carbocycles. The van der Waals surface area contributed by atoms with Gasteiger partial charge in [0.05, 0.1) is 10.3 Å². The van der Waals surface area contributed by atoms with Gasteiger partial charge in [-0.25, -0.2) is 0 Å². The third-order valence-electron chi connectivity index (χ3n) is 2.82. The topological polar surface area (TPSA) is 46.3 Å². The number of halogens is 1. The number of nitrogens with zero attached hydrogens (tertiary/aromatic N) is 1. The zero-order valence-electron chi connectivity index (χ0n) is 10.5. The Morgan fingerprint density at radius 3 is 2.58 bits per heavy atom. The van der Waals surface area contributed by atoms with Gasteiger partial charge in [-0.1, -0.05) is 30.3 Å². The molecular formula is C14H15BrN2OS. The van der Waals surface area contributed by atoms with Crippen LogP contribution in [0.3, 0.4) is 0 Å². The number of carbonyl (C=O) groups excluding carboxylic acids is 1. The minimum atomic E-state index is -0.602. The standard InChI is InChI=1S/C14H15BrN2OS/c1-17(9-11-7-8-12(15)19-11)14(18)13(16)10-5-3-2-4-6-10/h2-8,13H,9,16H2,1H3. The number of carbonyl (C=O) groups is 1. The van der Waals surface area contributed by atoms with E-state index in [1.807, 2.05) is 42.5 Å². The Bertz CT molecular complexity index is 556. The van der Waals surface area contributed by atoms with E-state index in [0.29, 0.717) is 6.54 Å². The van der Waals surface area contributed by atoms with Crippen molar-refractivity contribution in [1.29, 1.82) is 0 Å². The molecule has 0 aliphatic carbocycles. The molecule has 0 spiro atoms. The maximum Gasteiger partial charge on any atom is 0.244 e. The van der Waals surface area contributed by atoms with Crippen molar-refractivity contribution in [3.05, 3.63) is 56.7 Å². The van der Waals surface area contributed by atoms with Gasteiger partial charge in [0.15, 0.2) is 0 Å². The van der Waals surface area contributed by atoms with Gasteiger partial charge in [-0.2, -0.15) is 0 Å². The fourth-order valence-corrected chi connectivity index (χ4v) is 3.33. The molecule has 0 saturated heterocycles. The summed E-state index contributed by atoms with van der Waals surface area (Å²) < 4.78 is 1.07. The molecule has 0 aliphatic rings. The summed E-state index contributed by atoms with van der Waals surface area (Å²) in [6.45, 7) is 0.579. The minimum absolute atomic E-state index is 0.0734. The van der Waals surface area contributed by atoms with Crippen molar-refractivity contribution in [2.45, 2.75) is 12.6 Å². The molecule has 100 valence electrons. The van der Waals surface area contributed by atoms with Gasteiger partial charge < -0.3 is 10.6 Å². The summed E-state index contributed by atoms with van der Waals surface area (Å²) in [6, 6.07) is 12.8. The molecular weight excluding hydrogens is 324 g/mol. The maximum atomic E-state index is 12.2. The molecule has 1 atom stereocenters. The number of hydrogen-bond acceptors (Lipinski definition) is 3. The van der Waals surface area contributed by atoms with E-state index in [0.717, 1.165) is 14.2 Å². The van der Waals surface area contributed by atoms with E-state index in [9.17, 15) is 4.79 Å². The summed E-state index contributed by atoms with van der Waals surface area (Å²) in [6.07, 6.45) is 0. The van der Waals surface area contributed by atoms with Crippen LogP contribution in [0.1, 0.15) is 16.5 Å². The van der Waals surface area contributed by atoms with Crippen molar-refractivity contribution in [2.75, 3.05) is 7.05 Å². The first kappa shape index (κ1) is 14.2. The molecule has 1 unspecified atom stereocenters. The van der Waals surface area contributed by atoms with Gasteiger partial charge in [-0.05, 0) is 33.6 Å². The summed E-state index contributed by atoms with van der Waals surface area (Å²) in [7, 11) is 1.78. The van der Waals surface area contributed by atoms with Gasteiger partial charge in [0.2, 0.25) is 5.91 Å². The zero-order chi connectivity index (χ0) is 13.8. The summed E-state index contributed by atoms with van der Waals surface area (Å²) in [4.78, 5) is 15.0. The Balaban J connectivity index is 2.03. The van der Waals surface area contributed by atoms with Gasteiger partial charge >= 0.3 is 0 Å². The number of hydrogen-bond donors (Lipinski definition) is 1. The second-order valence-corrected chi connectivity index (χ2v) is 6.84. The number of benzene rings is 1. The van der Waals surface area contributed by atoms with Crippen LogP contribution in [0.15, 0.2) is 46.3 Å². The number of thiophene rings is 1. The van der Waals surface area contributed by atoms with Crippen LogP contribution >= 0.6 is 27.3 Å². The second kappa shape index (κ2) is 6.32. The van der Waals surface area contributed by atoms with Crippen LogP contribution in [0.5, 0.6) is 0 Å². The van der Waals surface area contributed by atoms with Gasteiger partial charge in [-0.3, -0.25) is 4.79 Å². The molecule has 2 aromatic rings. The smallest absolute Gasteiger partial charge is 0.244 e. The van der Waals surface area contributed by atoms with Crippen molar-refractivity contribution in [3.8, 4) is 0 Å². The lowest BCUT2D eigenvalue weighted by molar-refractivity contribution is -0.131. The summed E-state index contributed by atoms with van der Waals surface area (Å²) >= 11 is 5.04. The Morgan fingerprint density at radius 2 is 2.00 bits per heavy atom. The largest absolute Gasteiger partial charge is 0.339 e. The molecule has 3 nitrogen and oxygen atoms in total. The van der Waals surface area contributed by atoms with E-state index in [1.165, 1.54) is 0 Å². The van der Waals surface area contributed by atoms with Crippen molar-refractivity contribution < 1.29 is 4.79 Å². The highest BCUT2D eigenvalue weighted by molar-refractivity contribution is 9.11. The maximum absolute atomic E-state index is 12.2. The molecule has 0 bridgehead atoms. The first-order chi connectivity index (χ1) is 9.08. The van der Waals surface area contributed by atoms with Crippen LogP contribution in [-0.4, -0.2) is 17.9 Å². The highest BCUT2D eigenvalue weighted by Crippen LogP contribution is 2.23. The minimum Gasteiger partial charge on any atom is -0.339 e. The summed E-state index contributed by atoms with van der Waals surface area (Å²) in [5, 5.41) is 0. The molecule has 0 fully saturated rings. The molecule has 1 aromatic heterocycles. The van der Waals surface area contributed by atoms with Crippen LogP contribution in [0.25, 0.3) is 0 Å². The first-order valence-electron chi connectivity index (χ1n) is 5.87. The van der Waals surface area contributed by atoms with Crippen molar-refractivity contribution >= 4 is 33.2 Å². The number of amides is 1. The van der Waals surface area contributed by atoms with E-state index >= 15 is 0 Å². The molecule has 5 heteroatoms. The fourth-order valence-electron chi connectivity index (χ4n) is 1.79. The van der Waals surface area contributed by atoms with Crippen LogP contribution in [-0.2, 0) is 11.3 Å². The Kier molecular flexibility index (Phi) is 4.74. The van der Waals surface area contributed by atoms with Gasteiger partial charge in [-0.15, -0.1) is 11.3 Å². The molecule has 1 amide bonds. The Labute approximate surface area is 125 Å². The number of nitrogens with two attached hydrogens (primary N) is 1. The number of likely N-dealkylation sites (N-methyl/N-ethyl adjacent to an activating group) is 1. The van der Waals surface area contributed by atoms with Crippen LogP contribution in [0.4, 0.5) is 0 Å². The lowest BCUT2D eigenvalue weighted by Crippen LogP contribution is -2.35. The third kappa shape index (κ3) is 3.65. The van der Waals surface area contributed by atoms with Crippen molar-refractivity contribution in [1.82, 2.24) is 4.90 Å². The van der Waals surface area contributed by atoms with E-state index < -0.39 is 6.04 Å². The zero-order valence-corrected chi connectivity index (χ0v) is 12.9. The molecule has 0 saturated carbocycles. The lowest BCUT2D eigenvalue weighted by Gasteiger charge is -2.21. The average molecular weight is 339 g/mol. The van der Waals surface area contributed by atoms with E-state index in [2.05, 4.69) is 15.9 Å². The number of rotatable bonds is 4. The predicted octanol–water partition coefficient (Wildman–Crippen LogP) is 3.17. The monoisotopic (exact) mass is 338 g/mol. The van der Waals surface area contributed by atoms with Crippen LogP contribution in [0, 0.1) is 0 Å². The highest BCUT2D eigenvalue weighted by atomic mass is 79.9. The fraction of sp³-hybridized carbons (Fsp3) is 0.214. The highest BCUT2D eigenvalue weighted by Gasteiger charge is 2.19. The summed E-state index contributed by atoms with van der Waals surface area (Å²) in [5.74, 6) is -0.0734. The molecule has 19 heavy (non-hydrogen) atoms. The second-order valence-electron chi connectivity index (χ2n) is 4.29. The predicted molar refractivity (Wildman–Crippen MR) is 81.9 cm³/mol.